The second kappa shape index (κ2) is 25.5. The molecule has 0 fully saturated rings. The number of sulfonamides is 2. The first-order valence-electron chi connectivity index (χ1n) is 26.4. The van der Waals surface area contributed by atoms with Crippen LogP contribution in [0.5, 0.6) is 23.0 Å². The van der Waals surface area contributed by atoms with Crippen molar-refractivity contribution < 1.29 is 73.9 Å². The third-order valence-electron chi connectivity index (χ3n) is 14.7. The minimum Gasteiger partial charge on any atom is -0.493 e. The van der Waals surface area contributed by atoms with Gasteiger partial charge in [-0.15, -0.1) is 0 Å². The van der Waals surface area contributed by atoms with E-state index in [2.05, 4.69) is 22.6 Å². The number of pyridine rings is 1. The smallest absolute Gasteiger partial charge is 0.416 e. The SMILES string of the molecule is C=CCOC(=O)N1c2cc(OCc3cccc(COc4cc5c(cc4OC)C(=O)N4CC=C(c6ccc(S(=O)(=O)NC)cc6)C[C@H]4C(OC)N5C(=O)OCC=C)n3)c(OC)cc2C(=O)N2CC=C(c3ccc(S(=O)(=O)NC)cc3)C[C@H]2C1OC. The monoisotopic (exact) mass is 1190 g/mol. The molecule has 25 heteroatoms. The summed E-state index contributed by atoms with van der Waals surface area (Å²) >= 11 is 0. The number of carbonyl (C=O) groups is 4. The van der Waals surface area contributed by atoms with Crippen molar-refractivity contribution in [3.05, 3.63) is 162 Å². The summed E-state index contributed by atoms with van der Waals surface area (Å²) in [6.45, 7) is 7.06. The molecule has 1 aromatic heterocycles. The van der Waals surface area contributed by atoms with E-state index in [-0.39, 0.29) is 108 Å². The average molecular weight is 1190 g/mol. The van der Waals surface area contributed by atoms with E-state index in [9.17, 15) is 36.0 Å². The molecular formula is C59H63N7O16S2. The number of methoxy groups -OCH3 is 4. The van der Waals surface area contributed by atoms with Crippen molar-refractivity contribution in [1.29, 1.82) is 0 Å². The fourth-order valence-electron chi connectivity index (χ4n) is 10.5. The van der Waals surface area contributed by atoms with Gasteiger partial charge >= 0.3 is 12.2 Å². The van der Waals surface area contributed by atoms with Crippen molar-refractivity contribution in [3.63, 3.8) is 0 Å². The van der Waals surface area contributed by atoms with Gasteiger partial charge in [-0.05, 0) is 97.7 Å². The number of nitrogens with zero attached hydrogens (tertiary/aromatic N) is 5. The Bertz CT molecular complexity index is 3440. The molecule has 0 spiro atoms. The third kappa shape index (κ3) is 12.0. The number of fused-ring (bicyclic) bond motifs is 4. The van der Waals surface area contributed by atoms with Crippen LogP contribution in [0.2, 0.25) is 0 Å². The molecule has 4 aliphatic rings. The molecule has 0 radical (unpaired) electrons. The molecule has 84 heavy (non-hydrogen) atoms. The number of aromatic nitrogens is 1. The van der Waals surface area contributed by atoms with Crippen molar-refractivity contribution in [2.75, 3.05) is 78.6 Å². The van der Waals surface area contributed by atoms with E-state index in [1.54, 1.807) is 52.3 Å². The highest BCUT2D eigenvalue weighted by Gasteiger charge is 2.48. The minimum absolute atomic E-state index is 0.0859. The Morgan fingerprint density at radius 2 is 0.988 bits per heavy atom. The zero-order valence-electron chi connectivity index (χ0n) is 46.9. The lowest BCUT2D eigenvalue weighted by molar-refractivity contribution is 0.0175. The number of ether oxygens (including phenoxy) is 8. The lowest BCUT2D eigenvalue weighted by atomic mass is 9.93. The summed E-state index contributed by atoms with van der Waals surface area (Å²) in [7, 11) is 0.960. The molecule has 4 aromatic carbocycles. The van der Waals surface area contributed by atoms with Gasteiger partial charge in [0, 0.05) is 39.4 Å². The van der Waals surface area contributed by atoms with Crippen LogP contribution < -0.4 is 38.2 Å². The fraction of sp³-hybridized carbons (Fsp3) is 0.305. The number of rotatable bonds is 20. The zero-order chi connectivity index (χ0) is 60.0. The van der Waals surface area contributed by atoms with Gasteiger partial charge in [0.2, 0.25) is 20.0 Å². The summed E-state index contributed by atoms with van der Waals surface area (Å²) in [5.41, 5.74) is 4.37. The molecule has 2 N–H and O–H groups in total. The van der Waals surface area contributed by atoms with E-state index in [0.29, 0.717) is 11.4 Å². The number of carbonyl (C=O) groups excluding carboxylic acids is 4. The van der Waals surface area contributed by atoms with E-state index in [0.717, 1.165) is 22.3 Å². The summed E-state index contributed by atoms with van der Waals surface area (Å²) < 4.78 is 102. The van der Waals surface area contributed by atoms with E-state index in [1.165, 1.54) is 113 Å². The molecule has 4 amide bonds. The van der Waals surface area contributed by atoms with Crippen molar-refractivity contribution in [3.8, 4) is 23.0 Å². The number of hydrogen-bond acceptors (Lipinski definition) is 17. The predicted molar refractivity (Wildman–Crippen MR) is 309 cm³/mol. The molecule has 0 saturated heterocycles. The van der Waals surface area contributed by atoms with Crippen LogP contribution in [-0.2, 0) is 52.2 Å². The van der Waals surface area contributed by atoms with Crippen LogP contribution in [0.15, 0.2) is 138 Å². The van der Waals surface area contributed by atoms with Crippen molar-refractivity contribution >= 4 is 66.6 Å². The molecule has 9 rings (SSSR count). The predicted octanol–water partition coefficient (Wildman–Crippen LogP) is 6.90. The van der Waals surface area contributed by atoms with Gasteiger partial charge in [-0.2, -0.15) is 0 Å². The summed E-state index contributed by atoms with van der Waals surface area (Å²) in [6.07, 6.45) is 3.18. The Morgan fingerprint density at radius 3 is 1.33 bits per heavy atom. The van der Waals surface area contributed by atoms with Crippen LogP contribution in [0, 0.1) is 0 Å². The van der Waals surface area contributed by atoms with Crippen LogP contribution in [0.4, 0.5) is 21.0 Å². The normalized spacial score (nSPS) is 18.5. The lowest BCUT2D eigenvalue weighted by Gasteiger charge is -2.40. The van der Waals surface area contributed by atoms with Gasteiger partial charge in [0.05, 0.1) is 70.0 Å². The van der Waals surface area contributed by atoms with Gasteiger partial charge in [0.15, 0.2) is 35.5 Å². The van der Waals surface area contributed by atoms with Crippen molar-refractivity contribution in [1.82, 2.24) is 24.2 Å². The first kappa shape index (κ1) is 60.0. The van der Waals surface area contributed by atoms with Crippen LogP contribution in [0.1, 0.15) is 56.1 Å². The summed E-state index contributed by atoms with van der Waals surface area (Å²) in [6, 6.07) is 22.4. The van der Waals surface area contributed by atoms with Gasteiger partial charge in [0.1, 0.15) is 26.4 Å². The van der Waals surface area contributed by atoms with E-state index in [1.807, 2.05) is 12.2 Å². The average Bonchev–Trinajstić information content (AvgIpc) is 3.40. The summed E-state index contributed by atoms with van der Waals surface area (Å²) in [4.78, 5) is 68.4. The molecule has 4 aliphatic heterocycles. The lowest BCUT2D eigenvalue weighted by Crippen LogP contribution is -2.55. The van der Waals surface area contributed by atoms with E-state index >= 15 is 0 Å². The minimum atomic E-state index is -3.69. The highest BCUT2D eigenvalue weighted by atomic mass is 32.2. The van der Waals surface area contributed by atoms with Crippen molar-refractivity contribution in [2.45, 2.75) is 60.4 Å². The molecule has 0 bridgehead atoms. The quantitative estimate of drug-likeness (QED) is 0.0751. The number of benzene rings is 4. The van der Waals surface area contributed by atoms with Crippen molar-refractivity contribution in [2.24, 2.45) is 0 Å². The standard InChI is InChI=1S/C59H63N7O16S2/c1-9-26-79-58(69)65-46-32-52(50(75-5)30-44(46)54(67)63-24-22-38(28-48(63)56(65)77-7)36-14-18-42(19-15-36)83(71,72)60-3)81-34-40-12-11-13-41(62-40)35-82-53-33-47-45(31-51(53)76-6)55(68)64-25-23-39(37-16-20-43(21-17-37)84(73,74)61-4)29-49(64)57(78-8)66(47)59(70)80-27-10-2/h9-23,30-33,48-49,56-57,60-61H,1-2,24-29,34-35H2,3-8H3/t48-,49-,56?,57?/m0/s1. The first-order valence-corrected chi connectivity index (χ1v) is 29.3. The van der Waals surface area contributed by atoms with Gasteiger partial charge in [-0.3, -0.25) is 14.6 Å². The second-order valence-electron chi connectivity index (χ2n) is 19.3. The van der Waals surface area contributed by atoms with E-state index < -0.39 is 68.6 Å². The number of hydrogen-bond donors (Lipinski definition) is 2. The molecule has 442 valence electrons. The highest BCUT2D eigenvalue weighted by Crippen LogP contribution is 2.45. The Kier molecular flexibility index (Phi) is 18.2. The van der Waals surface area contributed by atoms with Gasteiger partial charge < -0.3 is 47.7 Å². The van der Waals surface area contributed by atoms with Gasteiger partial charge in [-0.25, -0.2) is 45.7 Å². The third-order valence-corrected chi connectivity index (χ3v) is 17.6. The van der Waals surface area contributed by atoms with Gasteiger partial charge in [0.25, 0.3) is 11.8 Å². The molecule has 0 aliphatic carbocycles. The maximum atomic E-state index is 14.7. The number of amides is 4. The van der Waals surface area contributed by atoms with Gasteiger partial charge in [-0.1, -0.05) is 67.8 Å². The van der Waals surface area contributed by atoms with E-state index in [4.69, 9.17) is 42.9 Å². The second-order valence-corrected chi connectivity index (χ2v) is 23.1. The molecule has 2 unspecified atom stereocenters. The molecule has 5 aromatic rings. The van der Waals surface area contributed by atoms with Crippen LogP contribution in [0.3, 0.4) is 0 Å². The summed E-state index contributed by atoms with van der Waals surface area (Å²) in [5.74, 6) is -0.209. The Hall–Kier alpha value is -8.59. The highest BCUT2D eigenvalue weighted by molar-refractivity contribution is 7.89. The molecule has 0 saturated carbocycles. The maximum Gasteiger partial charge on any atom is 0.416 e. The zero-order valence-corrected chi connectivity index (χ0v) is 48.6. The molecular weight excluding hydrogens is 1130 g/mol. The van der Waals surface area contributed by atoms with Crippen LogP contribution in [0.25, 0.3) is 11.1 Å². The first-order chi connectivity index (χ1) is 40.4. The number of anilines is 2. The topological polar surface area (TPSA) is 260 Å². The maximum absolute atomic E-state index is 14.7. The Morgan fingerprint density at radius 1 is 0.595 bits per heavy atom. The molecule has 4 atom stereocenters. The molecule has 23 nitrogen and oxygen atoms in total. The van der Waals surface area contributed by atoms with Crippen LogP contribution >= 0.6 is 0 Å². The Balaban J connectivity index is 0.967. The number of nitrogens with one attached hydrogen (secondary N) is 2. The summed E-state index contributed by atoms with van der Waals surface area (Å²) in [5, 5.41) is 0. The largest absolute Gasteiger partial charge is 0.493 e. The molecule has 5 heterocycles. The van der Waals surface area contributed by atoms with Crippen LogP contribution in [-0.4, -0.2) is 149 Å². The fourth-order valence-corrected chi connectivity index (χ4v) is 12.0. The Labute approximate surface area is 486 Å².